The normalized spacial score (nSPS) is 10.0. The number of rotatable bonds is 5. The summed E-state index contributed by atoms with van der Waals surface area (Å²) in [5.74, 6) is 0.533. The van der Waals surface area contributed by atoms with Gasteiger partial charge < -0.3 is 15.0 Å². The van der Waals surface area contributed by atoms with Crippen LogP contribution >= 0.6 is 0 Å². The number of ether oxygens (including phenoxy) is 1. The molecule has 110 valence electrons. The second-order valence-electron chi connectivity index (χ2n) is 4.82. The van der Waals surface area contributed by atoms with Gasteiger partial charge in [-0.3, -0.25) is 4.79 Å². The van der Waals surface area contributed by atoms with Crippen LogP contribution in [0, 0.1) is 0 Å². The van der Waals surface area contributed by atoms with Gasteiger partial charge in [-0.1, -0.05) is 12.1 Å². The van der Waals surface area contributed by atoms with Crippen molar-refractivity contribution in [3.63, 3.8) is 0 Å². The number of nitrogens with zero attached hydrogens (tertiary/aromatic N) is 1. The second kappa shape index (κ2) is 6.79. The summed E-state index contributed by atoms with van der Waals surface area (Å²) in [6, 6.07) is 14.9. The van der Waals surface area contributed by atoms with Crippen molar-refractivity contribution < 1.29 is 9.53 Å². The summed E-state index contributed by atoms with van der Waals surface area (Å²) in [5, 5.41) is 2.88. The Bertz CT molecular complexity index is 606. The third-order valence-corrected chi connectivity index (χ3v) is 3.08. The minimum atomic E-state index is -0.146. The number of carbonyl (C=O) groups excluding carboxylic acids is 1. The molecular formula is C17H20N2O2. The summed E-state index contributed by atoms with van der Waals surface area (Å²) >= 11 is 0. The zero-order chi connectivity index (χ0) is 15.2. The lowest BCUT2D eigenvalue weighted by Crippen LogP contribution is -2.14. The topological polar surface area (TPSA) is 41.6 Å². The Labute approximate surface area is 125 Å². The molecule has 0 radical (unpaired) electrons. The van der Waals surface area contributed by atoms with Crippen LogP contribution in [0.3, 0.4) is 0 Å². The number of anilines is 2. The molecule has 2 rings (SSSR count). The lowest BCUT2D eigenvalue weighted by atomic mass is 10.2. The van der Waals surface area contributed by atoms with Crippen LogP contribution in [0.15, 0.2) is 48.5 Å². The van der Waals surface area contributed by atoms with Gasteiger partial charge in [-0.05, 0) is 43.3 Å². The number of hydrogen-bond acceptors (Lipinski definition) is 3. The van der Waals surface area contributed by atoms with E-state index in [9.17, 15) is 4.79 Å². The number of amides is 1. The highest BCUT2D eigenvalue weighted by Crippen LogP contribution is 2.24. The Morgan fingerprint density at radius 3 is 2.38 bits per heavy atom. The first-order valence-electron chi connectivity index (χ1n) is 6.92. The van der Waals surface area contributed by atoms with Gasteiger partial charge in [0.25, 0.3) is 5.91 Å². The molecule has 0 aliphatic rings. The van der Waals surface area contributed by atoms with Crippen LogP contribution in [0.5, 0.6) is 5.75 Å². The minimum absolute atomic E-state index is 0.146. The Hall–Kier alpha value is -2.49. The molecule has 2 aromatic rings. The van der Waals surface area contributed by atoms with E-state index in [1.807, 2.05) is 74.4 Å². The molecule has 21 heavy (non-hydrogen) atoms. The Morgan fingerprint density at radius 1 is 1.10 bits per heavy atom. The van der Waals surface area contributed by atoms with Crippen LogP contribution in [0.4, 0.5) is 11.4 Å². The van der Waals surface area contributed by atoms with Crippen molar-refractivity contribution in [2.45, 2.75) is 6.92 Å². The van der Waals surface area contributed by atoms with Crippen LogP contribution in [-0.4, -0.2) is 26.6 Å². The molecule has 0 aliphatic carbocycles. The summed E-state index contributed by atoms with van der Waals surface area (Å²) in [6.45, 7) is 2.48. The third-order valence-electron chi connectivity index (χ3n) is 3.08. The lowest BCUT2D eigenvalue weighted by molar-refractivity contribution is 0.102. The van der Waals surface area contributed by atoms with E-state index >= 15 is 0 Å². The fourth-order valence-corrected chi connectivity index (χ4v) is 1.96. The highest BCUT2D eigenvalue weighted by Gasteiger charge is 2.09. The molecule has 0 atom stereocenters. The van der Waals surface area contributed by atoms with E-state index in [2.05, 4.69) is 5.32 Å². The SMILES string of the molecule is CCOc1ccccc1NC(=O)c1ccc(N(C)C)cc1. The summed E-state index contributed by atoms with van der Waals surface area (Å²) in [6.07, 6.45) is 0. The van der Waals surface area contributed by atoms with Crippen LogP contribution < -0.4 is 15.0 Å². The molecule has 0 fully saturated rings. The van der Waals surface area contributed by atoms with Crippen molar-refractivity contribution in [2.24, 2.45) is 0 Å². The van der Waals surface area contributed by atoms with Gasteiger partial charge in [0.15, 0.2) is 0 Å². The predicted molar refractivity (Wildman–Crippen MR) is 86.3 cm³/mol. The van der Waals surface area contributed by atoms with E-state index in [0.29, 0.717) is 23.6 Å². The van der Waals surface area contributed by atoms with Crippen LogP contribution in [0.2, 0.25) is 0 Å². The smallest absolute Gasteiger partial charge is 0.255 e. The van der Waals surface area contributed by atoms with E-state index in [0.717, 1.165) is 5.69 Å². The fourth-order valence-electron chi connectivity index (χ4n) is 1.96. The second-order valence-corrected chi connectivity index (χ2v) is 4.82. The van der Waals surface area contributed by atoms with Crippen molar-refractivity contribution in [3.8, 4) is 5.75 Å². The monoisotopic (exact) mass is 284 g/mol. The van der Waals surface area contributed by atoms with Gasteiger partial charge in [-0.25, -0.2) is 0 Å². The zero-order valence-corrected chi connectivity index (χ0v) is 12.6. The lowest BCUT2D eigenvalue weighted by Gasteiger charge is -2.13. The van der Waals surface area contributed by atoms with Crippen molar-refractivity contribution in [2.75, 3.05) is 30.9 Å². The maximum atomic E-state index is 12.3. The number of benzene rings is 2. The molecule has 0 bridgehead atoms. The van der Waals surface area contributed by atoms with Gasteiger partial charge in [0.05, 0.1) is 12.3 Å². The maximum absolute atomic E-state index is 12.3. The van der Waals surface area contributed by atoms with E-state index < -0.39 is 0 Å². The standard InChI is InChI=1S/C17H20N2O2/c1-4-21-16-8-6-5-7-15(16)18-17(20)13-9-11-14(12-10-13)19(2)3/h5-12H,4H2,1-3H3,(H,18,20). The van der Waals surface area contributed by atoms with Crippen molar-refractivity contribution >= 4 is 17.3 Å². The highest BCUT2D eigenvalue weighted by molar-refractivity contribution is 6.05. The molecule has 0 aliphatic heterocycles. The van der Waals surface area contributed by atoms with Crippen molar-refractivity contribution in [3.05, 3.63) is 54.1 Å². The van der Waals surface area contributed by atoms with E-state index in [4.69, 9.17) is 4.74 Å². The summed E-state index contributed by atoms with van der Waals surface area (Å²) in [7, 11) is 3.93. The minimum Gasteiger partial charge on any atom is -0.492 e. The largest absolute Gasteiger partial charge is 0.492 e. The molecule has 1 amide bonds. The van der Waals surface area contributed by atoms with E-state index in [1.54, 1.807) is 0 Å². The Kier molecular flexibility index (Phi) is 4.82. The van der Waals surface area contributed by atoms with Gasteiger partial charge in [0.1, 0.15) is 5.75 Å². The average molecular weight is 284 g/mol. The molecule has 1 N–H and O–H groups in total. The molecular weight excluding hydrogens is 264 g/mol. The molecule has 0 saturated heterocycles. The van der Waals surface area contributed by atoms with Crippen molar-refractivity contribution in [1.29, 1.82) is 0 Å². The quantitative estimate of drug-likeness (QED) is 0.915. The van der Waals surface area contributed by atoms with E-state index in [1.165, 1.54) is 0 Å². The first-order chi connectivity index (χ1) is 10.1. The number of nitrogens with one attached hydrogen (secondary N) is 1. The number of para-hydroxylation sites is 2. The molecule has 4 heteroatoms. The Morgan fingerprint density at radius 2 is 1.76 bits per heavy atom. The fraction of sp³-hybridized carbons (Fsp3) is 0.235. The molecule has 0 unspecified atom stereocenters. The van der Waals surface area contributed by atoms with Gasteiger partial charge in [-0.15, -0.1) is 0 Å². The Balaban J connectivity index is 2.14. The number of carbonyl (C=O) groups is 1. The zero-order valence-electron chi connectivity index (χ0n) is 12.6. The van der Waals surface area contributed by atoms with Crippen molar-refractivity contribution in [1.82, 2.24) is 0 Å². The third kappa shape index (κ3) is 3.75. The summed E-state index contributed by atoms with van der Waals surface area (Å²) in [4.78, 5) is 14.3. The first kappa shape index (κ1) is 14.9. The first-order valence-corrected chi connectivity index (χ1v) is 6.92. The summed E-state index contributed by atoms with van der Waals surface area (Å²) in [5.41, 5.74) is 2.36. The molecule has 0 spiro atoms. The van der Waals surface area contributed by atoms with Crippen LogP contribution in [0.25, 0.3) is 0 Å². The molecule has 0 heterocycles. The molecule has 0 saturated carbocycles. The van der Waals surface area contributed by atoms with Crippen LogP contribution in [-0.2, 0) is 0 Å². The summed E-state index contributed by atoms with van der Waals surface area (Å²) < 4.78 is 5.50. The maximum Gasteiger partial charge on any atom is 0.255 e. The van der Waals surface area contributed by atoms with E-state index in [-0.39, 0.29) is 5.91 Å². The van der Waals surface area contributed by atoms with Crippen LogP contribution in [0.1, 0.15) is 17.3 Å². The van der Waals surface area contributed by atoms with Gasteiger partial charge in [0, 0.05) is 25.3 Å². The van der Waals surface area contributed by atoms with Gasteiger partial charge in [0.2, 0.25) is 0 Å². The van der Waals surface area contributed by atoms with Gasteiger partial charge >= 0.3 is 0 Å². The van der Waals surface area contributed by atoms with Gasteiger partial charge in [-0.2, -0.15) is 0 Å². The molecule has 0 aromatic heterocycles. The average Bonchev–Trinajstić information content (AvgIpc) is 2.49. The molecule has 2 aromatic carbocycles. The molecule has 4 nitrogen and oxygen atoms in total. The highest BCUT2D eigenvalue weighted by atomic mass is 16.5. The number of hydrogen-bond donors (Lipinski definition) is 1. The predicted octanol–water partition coefficient (Wildman–Crippen LogP) is 3.40.